The van der Waals surface area contributed by atoms with E-state index in [-0.39, 0.29) is 11.9 Å². The number of nitrogens with zero attached hydrogens (tertiary/aromatic N) is 5. The fourth-order valence-electron chi connectivity index (χ4n) is 4.38. The predicted molar refractivity (Wildman–Crippen MR) is 111 cm³/mol. The molecule has 3 aromatic rings. The quantitative estimate of drug-likeness (QED) is 0.741. The fraction of sp³-hybridized carbons (Fsp3) is 0.364. The van der Waals surface area contributed by atoms with E-state index in [2.05, 4.69) is 20.1 Å². The van der Waals surface area contributed by atoms with Crippen LogP contribution in [0.15, 0.2) is 48.8 Å². The Morgan fingerprint density at radius 3 is 2.69 bits per heavy atom. The first-order valence-electron chi connectivity index (χ1n) is 10.3. The molecule has 0 saturated carbocycles. The van der Waals surface area contributed by atoms with Crippen LogP contribution >= 0.6 is 0 Å². The summed E-state index contributed by atoms with van der Waals surface area (Å²) in [6, 6.07) is 11.4. The van der Waals surface area contributed by atoms with E-state index in [1.165, 1.54) is 12.8 Å². The second-order valence-electron chi connectivity index (χ2n) is 7.66. The molecule has 0 unspecified atom stereocenters. The number of aromatic nitrogens is 4. The molecule has 1 amide bonds. The number of carbonyl (C=O) groups is 1. The van der Waals surface area contributed by atoms with Crippen molar-refractivity contribution in [1.82, 2.24) is 25.1 Å². The summed E-state index contributed by atoms with van der Waals surface area (Å²) in [4.78, 5) is 26.5. The Kier molecular flexibility index (Phi) is 4.71. The van der Waals surface area contributed by atoms with Gasteiger partial charge in [-0.25, -0.2) is 9.97 Å². The van der Waals surface area contributed by atoms with Crippen molar-refractivity contribution in [1.29, 1.82) is 0 Å². The van der Waals surface area contributed by atoms with Gasteiger partial charge < -0.3 is 9.80 Å². The van der Waals surface area contributed by atoms with E-state index in [9.17, 15) is 4.79 Å². The van der Waals surface area contributed by atoms with Gasteiger partial charge in [-0.2, -0.15) is 5.10 Å². The van der Waals surface area contributed by atoms with Crippen LogP contribution in [0.25, 0.3) is 11.3 Å². The van der Waals surface area contributed by atoms with Gasteiger partial charge in [0.1, 0.15) is 0 Å². The lowest BCUT2D eigenvalue weighted by Gasteiger charge is -2.25. The fourth-order valence-corrected chi connectivity index (χ4v) is 4.38. The van der Waals surface area contributed by atoms with E-state index < -0.39 is 0 Å². The van der Waals surface area contributed by atoms with E-state index in [1.54, 1.807) is 0 Å². The third-order valence-corrected chi connectivity index (χ3v) is 5.84. The van der Waals surface area contributed by atoms with E-state index in [1.807, 2.05) is 53.7 Å². The van der Waals surface area contributed by atoms with Crippen molar-refractivity contribution >= 4 is 11.9 Å². The number of aromatic amines is 1. The zero-order valence-electron chi connectivity index (χ0n) is 16.3. The Bertz CT molecular complexity index is 995. The normalized spacial score (nSPS) is 19.1. The van der Waals surface area contributed by atoms with Gasteiger partial charge >= 0.3 is 0 Å². The minimum absolute atomic E-state index is 0.0228. The predicted octanol–water partition coefficient (Wildman–Crippen LogP) is 3.44. The number of likely N-dealkylation sites (tertiary alicyclic amines) is 1. The number of amides is 1. The highest BCUT2D eigenvalue weighted by Gasteiger charge is 2.33. The van der Waals surface area contributed by atoms with E-state index in [0.29, 0.717) is 0 Å². The molecule has 1 N–H and O–H groups in total. The number of rotatable bonds is 4. The molecular formula is C22H24N6O. The summed E-state index contributed by atoms with van der Waals surface area (Å²) < 4.78 is 0. The average Bonchev–Trinajstić information content (AvgIpc) is 3.55. The number of H-pyrrole nitrogens is 1. The van der Waals surface area contributed by atoms with Crippen LogP contribution in [-0.2, 0) is 0 Å². The molecule has 4 heterocycles. The average molecular weight is 388 g/mol. The van der Waals surface area contributed by atoms with Crippen molar-refractivity contribution in [3.8, 4) is 11.3 Å². The first kappa shape index (κ1) is 17.8. The molecule has 2 aliphatic rings. The topological polar surface area (TPSA) is 78.0 Å². The maximum absolute atomic E-state index is 13.1. The molecule has 7 heteroatoms. The van der Waals surface area contributed by atoms with Crippen LogP contribution in [-0.4, -0.2) is 50.6 Å². The van der Waals surface area contributed by atoms with Crippen LogP contribution in [0.2, 0.25) is 0 Å². The van der Waals surface area contributed by atoms with Gasteiger partial charge in [-0.15, -0.1) is 0 Å². The zero-order chi connectivity index (χ0) is 19.6. The molecule has 2 fully saturated rings. The SMILES string of the molecule is O=C(c1ccccc1)N1CCC[C@@H]1c1[nH]ncc1-c1ccnc(N2CCCC2)n1. The van der Waals surface area contributed by atoms with Crippen LogP contribution < -0.4 is 4.90 Å². The third kappa shape index (κ3) is 3.37. The summed E-state index contributed by atoms with van der Waals surface area (Å²) in [7, 11) is 0. The van der Waals surface area contributed by atoms with Crippen molar-refractivity contribution in [2.75, 3.05) is 24.5 Å². The maximum atomic E-state index is 13.1. The van der Waals surface area contributed by atoms with Gasteiger partial charge in [-0.1, -0.05) is 18.2 Å². The number of anilines is 1. The highest BCUT2D eigenvalue weighted by atomic mass is 16.2. The van der Waals surface area contributed by atoms with Crippen molar-refractivity contribution in [3.05, 3.63) is 60.0 Å². The van der Waals surface area contributed by atoms with Crippen LogP contribution in [0.3, 0.4) is 0 Å². The van der Waals surface area contributed by atoms with E-state index >= 15 is 0 Å². The van der Waals surface area contributed by atoms with Gasteiger partial charge in [0.25, 0.3) is 5.91 Å². The maximum Gasteiger partial charge on any atom is 0.254 e. The second kappa shape index (κ2) is 7.66. The highest BCUT2D eigenvalue weighted by molar-refractivity contribution is 5.94. The Morgan fingerprint density at radius 2 is 1.86 bits per heavy atom. The summed E-state index contributed by atoms with van der Waals surface area (Å²) in [6.07, 6.45) is 7.89. The monoisotopic (exact) mass is 388 g/mol. The molecule has 1 atom stereocenters. The molecule has 5 rings (SSSR count). The lowest BCUT2D eigenvalue weighted by molar-refractivity contribution is 0.0733. The molecule has 0 radical (unpaired) electrons. The standard InChI is InChI=1S/C22H24N6O/c29-21(16-7-2-1-3-8-16)28-14-6-9-19(28)20-17(15-24-26-20)18-10-11-23-22(25-18)27-12-4-5-13-27/h1-3,7-8,10-11,15,19H,4-6,9,12-14H2,(H,24,26)/t19-/m1/s1. The molecule has 0 spiro atoms. The van der Waals surface area contributed by atoms with Gasteiger partial charge in [-0.05, 0) is 43.9 Å². The van der Waals surface area contributed by atoms with Crippen LogP contribution in [0.1, 0.15) is 47.8 Å². The lowest BCUT2D eigenvalue weighted by atomic mass is 10.0. The Balaban J connectivity index is 1.45. The molecule has 148 valence electrons. The molecule has 2 aromatic heterocycles. The third-order valence-electron chi connectivity index (χ3n) is 5.84. The minimum Gasteiger partial charge on any atom is -0.341 e. The molecule has 7 nitrogen and oxygen atoms in total. The summed E-state index contributed by atoms with van der Waals surface area (Å²) >= 11 is 0. The van der Waals surface area contributed by atoms with Gasteiger partial charge in [0, 0.05) is 37.0 Å². The van der Waals surface area contributed by atoms with Crippen LogP contribution in [0.4, 0.5) is 5.95 Å². The first-order valence-corrected chi connectivity index (χ1v) is 10.3. The molecular weight excluding hydrogens is 364 g/mol. The summed E-state index contributed by atoms with van der Waals surface area (Å²) in [5, 5.41) is 7.45. The van der Waals surface area contributed by atoms with Crippen molar-refractivity contribution in [2.24, 2.45) is 0 Å². The number of hydrogen-bond acceptors (Lipinski definition) is 5. The molecule has 1 aromatic carbocycles. The van der Waals surface area contributed by atoms with Crippen molar-refractivity contribution < 1.29 is 4.79 Å². The van der Waals surface area contributed by atoms with Gasteiger partial charge in [0.15, 0.2) is 0 Å². The Labute approximate surface area is 169 Å². The smallest absolute Gasteiger partial charge is 0.254 e. The molecule has 2 aliphatic heterocycles. The van der Waals surface area contributed by atoms with E-state index in [4.69, 9.17) is 4.98 Å². The zero-order valence-corrected chi connectivity index (χ0v) is 16.3. The molecule has 0 bridgehead atoms. The van der Waals surface area contributed by atoms with Crippen molar-refractivity contribution in [2.45, 2.75) is 31.7 Å². The lowest BCUT2D eigenvalue weighted by Crippen LogP contribution is -2.31. The van der Waals surface area contributed by atoms with Gasteiger partial charge in [0.05, 0.1) is 23.6 Å². The van der Waals surface area contributed by atoms with Gasteiger partial charge in [0.2, 0.25) is 5.95 Å². The molecule has 29 heavy (non-hydrogen) atoms. The minimum atomic E-state index is -0.0228. The molecule has 2 saturated heterocycles. The summed E-state index contributed by atoms with van der Waals surface area (Å²) in [6.45, 7) is 2.76. The summed E-state index contributed by atoms with van der Waals surface area (Å²) in [5.74, 6) is 0.838. The van der Waals surface area contributed by atoms with E-state index in [0.717, 1.165) is 60.9 Å². The first-order chi connectivity index (χ1) is 14.3. The Morgan fingerprint density at radius 1 is 1.03 bits per heavy atom. The second-order valence-corrected chi connectivity index (χ2v) is 7.66. The van der Waals surface area contributed by atoms with Crippen molar-refractivity contribution in [3.63, 3.8) is 0 Å². The van der Waals surface area contributed by atoms with Gasteiger partial charge in [-0.3, -0.25) is 9.89 Å². The number of carbonyl (C=O) groups excluding carboxylic acids is 1. The van der Waals surface area contributed by atoms with Crippen LogP contribution in [0.5, 0.6) is 0 Å². The number of nitrogens with one attached hydrogen (secondary N) is 1. The molecule has 0 aliphatic carbocycles. The number of benzene rings is 1. The summed E-state index contributed by atoms with van der Waals surface area (Å²) in [5.41, 5.74) is 3.48. The van der Waals surface area contributed by atoms with Crippen LogP contribution in [0, 0.1) is 0 Å². The largest absolute Gasteiger partial charge is 0.341 e. The highest BCUT2D eigenvalue weighted by Crippen LogP contribution is 2.37. The number of hydrogen-bond donors (Lipinski definition) is 1. The Hall–Kier alpha value is -3.22.